The van der Waals surface area contributed by atoms with Gasteiger partial charge in [0.1, 0.15) is 11.9 Å². The van der Waals surface area contributed by atoms with Crippen molar-refractivity contribution in [1.82, 2.24) is 0 Å². The van der Waals surface area contributed by atoms with Crippen LogP contribution in [0.4, 0.5) is 0 Å². The zero-order valence-corrected chi connectivity index (χ0v) is 13.4. The summed E-state index contributed by atoms with van der Waals surface area (Å²) in [5.41, 5.74) is 1.15. The smallest absolute Gasteiger partial charge is 0.334 e. The number of fused-ring (bicyclic) bond motifs is 1. The van der Waals surface area contributed by atoms with Gasteiger partial charge in [0, 0.05) is 6.42 Å². The van der Waals surface area contributed by atoms with E-state index in [1.807, 2.05) is 18.2 Å². The number of hydrogen-bond donors (Lipinski definition) is 0. The third-order valence-electron chi connectivity index (χ3n) is 3.97. The lowest BCUT2D eigenvalue weighted by molar-refractivity contribution is -0.145. The molecule has 0 saturated heterocycles. The van der Waals surface area contributed by atoms with Gasteiger partial charge in [0.15, 0.2) is 11.5 Å². The van der Waals surface area contributed by atoms with Gasteiger partial charge in [0.25, 0.3) is 0 Å². The summed E-state index contributed by atoms with van der Waals surface area (Å²) in [6.07, 6.45) is 5.64. The second kappa shape index (κ2) is 7.40. The van der Waals surface area contributed by atoms with Crippen molar-refractivity contribution in [2.24, 2.45) is 0 Å². The Bertz CT molecular complexity index is 593. The number of ether oxygens (including phenoxy) is 4. The summed E-state index contributed by atoms with van der Waals surface area (Å²) in [4.78, 5) is 11.7. The minimum atomic E-state index is -0.307. The lowest BCUT2D eigenvalue weighted by Crippen LogP contribution is -2.24. The zero-order chi connectivity index (χ0) is 16.1. The van der Waals surface area contributed by atoms with E-state index >= 15 is 0 Å². The van der Waals surface area contributed by atoms with Crippen LogP contribution >= 0.6 is 0 Å². The molecule has 1 aromatic rings. The van der Waals surface area contributed by atoms with Crippen molar-refractivity contribution in [2.75, 3.05) is 13.4 Å². The number of carbonyl (C=O) groups is 1. The Balaban J connectivity index is 1.52. The average molecular weight is 318 g/mol. The quantitative estimate of drug-likeness (QED) is 0.570. The minimum absolute atomic E-state index is 0.130. The van der Waals surface area contributed by atoms with Gasteiger partial charge in [-0.25, -0.2) is 4.79 Å². The van der Waals surface area contributed by atoms with Crippen LogP contribution in [0.25, 0.3) is 0 Å². The second-order valence-electron chi connectivity index (χ2n) is 5.80. The molecule has 3 rings (SSSR count). The van der Waals surface area contributed by atoms with Crippen LogP contribution in [0.1, 0.15) is 38.2 Å². The van der Waals surface area contributed by atoms with E-state index in [1.54, 1.807) is 0 Å². The van der Waals surface area contributed by atoms with Gasteiger partial charge >= 0.3 is 5.97 Å². The van der Waals surface area contributed by atoms with E-state index in [1.165, 1.54) is 6.08 Å². The van der Waals surface area contributed by atoms with Crippen molar-refractivity contribution < 1.29 is 23.7 Å². The molecule has 5 nitrogen and oxygen atoms in total. The summed E-state index contributed by atoms with van der Waals surface area (Å²) in [7, 11) is 0. The number of aryl methyl sites for hydroxylation is 1. The van der Waals surface area contributed by atoms with Crippen LogP contribution in [-0.2, 0) is 20.7 Å². The normalized spacial score (nSPS) is 19.3. The molecule has 2 heterocycles. The third-order valence-corrected chi connectivity index (χ3v) is 3.97. The highest BCUT2D eigenvalue weighted by Crippen LogP contribution is 2.33. The summed E-state index contributed by atoms with van der Waals surface area (Å²) in [6, 6.07) is 5.93. The predicted octanol–water partition coefficient (Wildman–Crippen LogP) is 3.36. The zero-order valence-electron chi connectivity index (χ0n) is 13.4. The Labute approximate surface area is 136 Å². The van der Waals surface area contributed by atoms with Gasteiger partial charge in [-0.1, -0.05) is 19.4 Å². The molecule has 1 aromatic carbocycles. The molecule has 0 radical (unpaired) electrons. The number of esters is 1. The molecule has 0 aromatic heterocycles. The molecule has 0 saturated carbocycles. The van der Waals surface area contributed by atoms with E-state index in [0.717, 1.165) is 48.5 Å². The molecule has 2 aliphatic heterocycles. The van der Waals surface area contributed by atoms with Gasteiger partial charge in [0.05, 0.1) is 12.7 Å². The van der Waals surface area contributed by atoms with Crippen LogP contribution in [0.3, 0.4) is 0 Å². The number of hydrogen-bond acceptors (Lipinski definition) is 5. The van der Waals surface area contributed by atoms with Gasteiger partial charge in [-0.15, -0.1) is 0 Å². The molecule has 0 fully saturated rings. The summed E-state index contributed by atoms with van der Waals surface area (Å²) in [5, 5.41) is 0. The van der Waals surface area contributed by atoms with E-state index in [2.05, 4.69) is 6.92 Å². The van der Waals surface area contributed by atoms with Crippen molar-refractivity contribution in [3.63, 3.8) is 0 Å². The number of carbonyl (C=O) groups excluding carboxylic acids is 1. The van der Waals surface area contributed by atoms with Crippen LogP contribution in [0.2, 0.25) is 0 Å². The molecule has 0 amide bonds. The molecule has 1 atom stereocenters. The van der Waals surface area contributed by atoms with Gasteiger partial charge < -0.3 is 18.9 Å². The highest BCUT2D eigenvalue weighted by Gasteiger charge is 2.23. The highest BCUT2D eigenvalue weighted by atomic mass is 16.7. The largest absolute Gasteiger partial charge is 0.498 e. The van der Waals surface area contributed by atoms with Crippen molar-refractivity contribution in [3.8, 4) is 11.5 Å². The van der Waals surface area contributed by atoms with E-state index in [4.69, 9.17) is 18.9 Å². The van der Waals surface area contributed by atoms with E-state index in [0.29, 0.717) is 13.0 Å². The predicted molar refractivity (Wildman–Crippen MR) is 84.3 cm³/mol. The Morgan fingerprint density at radius 3 is 3.00 bits per heavy atom. The van der Waals surface area contributed by atoms with Crippen LogP contribution in [0.15, 0.2) is 30.0 Å². The first-order valence-corrected chi connectivity index (χ1v) is 8.17. The standard InChI is InChI=1S/C18H22O5/c1-2-3-8-20-15-10-14(23-18(19)11-15)6-4-13-5-7-16-17(9-13)22-12-21-16/h5,7,9,11,14H,2-4,6,8,10,12H2,1H3. The topological polar surface area (TPSA) is 54.0 Å². The molecule has 23 heavy (non-hydrogen) atoms. The van der Waals surface area contributed by atoms with Crippen LogP contribution in [-0.4, -0.2) is 25.5 Å². The summed E-state index contributed by atoms with van der Waals surface area (Å²) < 4.78 is 21.7. The average Bonchev–Trinajstić information content (AvgIpc) is 3.00. The Morgan fingerprint density at radius 2 is 2.13 bits per heavy atom. The molecule has 0 N–H and O–H groups in total. The van der Waals surface area contributed by atoms with Gasteiger partial charge in [-0.2, -0.15) is 0 Å². The lowest BCUT2D eigenvalue weighted by atomic mass is 10.0. The second-order valence-corrected chi connectivity index (χ2v) is 5.80. The maximum atomic E-state index is 11.7. The fourth-order valence-electron chi connectivity index (χ4n) is 2.69. The first kappa shape index (κ1) is 15.7. The number of cyclic esters (lactones) is 1. The van der Waals surface area contributed by atoms with Crippen LogP contribution in [0.5, 0.6) is 11.5 Å². The maximum absolute atomic E-state index is 11.7. The maximum Gasteiger partial charge on any atom is 0.334 e. The SMILES string of the molecule is CCCCOC1=CC(=O)OC(CCc2ccc3c(c2)OCO3)C1. The van der Waals surface area contributed by atoms with Crippen molar-refractivity contribution in [2.45, 2.75) is 45.1 Å². The van der Waals surface area contributed by atoms with Gasteiger partial charge in [0.2, 0.25) is 6.79 Å². The van der Waals surface area contributed by atoms with E-state index in [-0.39, 0.29) is 18.9 Å². The highest BCUT2D eigenvalue weighted by molar-refractivity contribution is 5.83. The summed E-state index contributed by atoms with van der Waals surface area (Å²) in [5.74, 6) is 2.00. The number of rotatable bonds is 7. The molecule has 0 bridgehead atoms. The van der Waals surface area contributed by atoms with Crippen LogP contribution in [0, 0.1) is 0 Å². The fraction of sp³-hybridized carbons (Fsp3) is 0.500. The number of benzene rings is 1. The molecule has 5 heteroatoms. The molecule has 0 aliphatic carbocycles. The van der Waals surface area contributed by atoms with Crippen molar-refractivity contribution in [3.05, 3.63) is 35.6 Å². The molecule has 1 unspecified atom stereocenters. The van der Waals surface area contributed by atoms with Crippen molar-refractivity contribution >= 4 is 5.97 Å². The Kier molecular flexibility index (Phi) is 5.05. The van der Waals surface area contributed by atoms with Crippen molar-refractivity contribution in [1.29, 1.82) is 0 Å². The molecular formula is C18H22O5. The first-order chi connectivity index (χ1) is 11.2. The summed E-state index contributed by atoms with van der Waals surface area (Å²) >= 11 is 0. The first-order valence-electron chi connectivity index (χ1n) is 8.17. The van der Waals surface area contributed by atoms with Crippen LogP contribution < -0.4 is 9.47 Å². The minimum Gasteiger partial charge on any atom is -0.498 e. The van der Waals surface area contributed by atoms with Gasteiger partial charge in [-0.3, -0.25) is 0 Å². The Morgan fingerprint density at radius 1 is 1.26 bits per heavy atom. The van der Waals surface area contributed by atoms with E-state index < -0.39 is 0 Å². The third kappa shape index (κ3) is 4.18. The van der Waals surface area contributed by atoms with Gasteiger partial charge in [-0.05, 0) is 37.0 Å². The lowest BCUT2D eigenvalue weighted by Gasteiger charge is -2.23. The summed E-state index contributed by atoms with van der Waals surface area (Å²) in [6.45, 7) is 3.05. The Hall–Kier alpha value is -2.17. The molecule has 124 valence electrons. The molecular weight excluding hydrogens is 296 g/mol. The van der Waals surface area contributed by atoms with E-state index in [9.17, 15) is 4.79 Å². The molecule has 2 aliphatic rings. The molecule has 0 spiro atoms. The fourth-order valence-corrected chi connectivity index (χ4v) is 2.69. The number of unbranched alkanes of at least 4 members (excludes halogenated alkanes) is 1. The monoisotopic (exact) mass is 318 g/mol.